The van der Waals surface area contributed by atoms with Gasteiger partial charge < -0.3 is 0 Å². The summed E-state index contributed by atoms with van der Waals surface area (Å²) in [5.41, 5.74) is 0. The molecule has 1 heteroatoms. The Bertz CT molecular complexity index is 24.8. The van der Waals surface area contributed by atoms with Gasteiger partial charge in [-0.1, -0.05) is 0 Å². The van der Waals surface area contributed by atoms with Gasteiger partial charge >= 0.3 is 46.0 Å². The topological polar surface area (TPSA) is 0 Å². The Hall–Kier alpha value is 0.539. The predicted molar refractivity (Wildman–Crippen MR) is 29.6 cm³/mol. The van der Waals surface area contributed by atoms with Crippen LogP contribution in [-0.2, 0) is 0 Å². The summed E-state index contributed by atoms with van der Waals surface area (Å²) in [5.74, 6) is 0. The van der Waals surface area contributed by atoms with Crippen molar-refractivity contribution in [1.29, 1.82) is 0 Å². The third-order valence-corrected chi connectivity index (χ3v) is 2.14. The minimum atomic E-state index is 0.911. The molecule has 0 atom stereocenters. The maximum absolute atomic E-state index is 3.58. The van der Waals surface area contributed by atoms with E-state index < -0.39 is 0 Å². The second-order valence-electron chi connectivity index (χ2n) is 1.08. The Morgan fingerprint density at radius 2 is 2.40 bits per heavy atom. The average molecular weight is 177 g/mol. The van der Waals surface area contributed by atoms with Gasteiger partial charge in [0, 0.05) is 0 Å². The number of hydrogen-bond donors (Lipinski definition) is 0. The van der Waals surface area contributed by atoms with E-state index in [9.17, 15) is 0 Å². The van der Waals surface area contributed by atoms with Gasteiger partial charge in [0.2, 0.25) is 0 Å². The molecule has 0 fully saturated rings. The fraction of sp³-hybridized carbons (Fsp3) is 0.500. The normalized spacial score (nSPS) is 8.00. The molecule has 0 aliphatic carbocycles. The van der Waals surface area contributed by atoms with E-state index in [1.165, 1.54) is 10.9 Å². The van der Waals surface area contributed by atoms with Crippen molar-refractivity contribution in [2.45, 2.75) is 10.9 Å². The van der Waals surface area contributed by atoms with Crippen LogP contribution in [-0.4, -0.2) is 22.5 Å². The van der Waals surface area contributed by atoms with Crippen molar-refractivity contribution >= 4 is 22.5 Å². The zero-order valence-electron chi connectivity index (χ0n) is 3.70. The molecule has 0 amide bonds. The van der Waals surface area contributed by atoms with Crippen molar-refractivity contribution < 1.29 is 0 Å². The molecule has 0 unspecified atom stereocenters. The van der Waals surface area contributed by atoms with Gasteiger partial charge in [-0.25, -0.2) is 0 Å². The summed E-state index contributed by atoms with van der Waals surface area (Å²) in [6.45, 7) is 3.58. The van der Waals surface area contributed by atoms with Crippen LogP contribution in [0.3, 0.4) is 0 Å². The molecule has 0 saturated carbocycles. The van der Waals surface area contributed by atoms with Crippen molar-refractivity contribution in [3.05, 3.63) is 12.7 Å². The van der Waals surface area contributed by atoms with E-state index in [4.69, 9.17) is 0 Å². The van der Waals surface area contributed by atoms with Crippen LogP contribution in [0.25, 0.3) is 0 Å². The molecule has 30 valence electrons. The molecule has 0 radical (unpaired) electrons. The standard InChI is InChI=1S/C4H7.Sn.3H/c1-3-4-2;;;;/h3H,1-2,4H2;;;;. The van der Waals surface area contributed by atoms with Gasteiger partial charge in [0.15, 0.2) is 0 Å². The SMILES string of the molecule is C=CC[CH2][SnH3]. The zero-order valence-corrected chi connectivity index (χ0v) is 9.41. The van der Waals surface area contributed by atoms with Crippen LogP contribution >= 0.6 is 0 Å². The summed E-state index contributed by atoms with van der Waals surface area (Å²) in [6.07, 6.45) is 3.23. The molecule has 0 N–H and O–H groups in total. The van der Waals surface area contributed by atoms with Gasteiger partial charge in [0.1, 0.15) is 0 Å². The molecule has 0 bridgehead atoms. The average Bonchev–Trinajstić information content (AvgIpc) is 1.41. The van der Waals surface area contributed by atoms with Gasteiger partial charge in [0.05, 0.1) is 0 Å². The van der Waals surface area contributed by atoms with Crippen LogP contribution in [0, 0.1) is 0 Å². The van der Waals surface area contributed by atoms with E-state index in [1.807, 2.05) is 6.08 Å². The Labute approximate surface area is 46.4 Å². The van der Waals surface area contributed by atoms with Crippen molar-refractivity contribution in [2.24, 2.45) is 0 Å². The second kappa shape index (κ2) is 4.54. The predicted octanol–water partition coefficient (Wildman–Crippen LogP) is 0.346. The van der Waals surface area contributed by atoms with Crippen molar-refractivity contribution in [2.75, 3.05) is 0 Å². The summed E-state index contributed by atoms with van der Waals surface area (Å²) < 4.78 is 1.44. The van der Waals surface area contributed by atoms with Crippen molar-refractivity contribution in [1.82, 2.24) is 0 Å². The molecule has 0 aromatic rings. The molecule has 0 heterocycles. The molecule has 0 saturated heterocycles. The van der Waals surface area contributed by atoms with Crippen LogP contribution < -0.4 is 0 Å². The molecular weight excluding hydrogens is 167 g/mol. The van der Waals surface area contributed by atoms with Crippen LogP contribution in [0.1, 0.15) is 6.42 Å². The van der Waals surface area contributed by atoms with E-state index in [0.717, 1.165) is 22.5 Å². The first-order valence-electron chi connectivity index (χ1n) is 2.02. The molecule has 0 aliphatic heterocycles. The molecule has 5 heavy (non-hydrogen) atoms. The Kier molecular flexibility index (Phi) is 5.03. The first kappa shape index (κ1) is 5.54. The molecule has 0 rings (SSSR count). The summed E-state index contributed by atoms with van der Waals surface area (Å²) >= 11 is 0.911. The first-order chi connectivity index (χ1) is 2.41. The van der Waals surface area contributed by atoms with Crippen molar-refractivity contribution in [3.8, 4) is 0 Å². The number of rotatable bonds is 2. The fourth-order valence-electron chi connectivity index (χ4n) is 0.204. The number of allylic oxidation sites excluding steroid dienone is 1. The third kappa shape index (κ3) is 4.54. The first-order valence-corrected chi connectivity index (χ1v) is 6.06. The monoisotopic (exact) mass is 178 g/mol. The molecule has 0 aromatic carbocycles. The van der Waals surface area contributed by atoms with Gasteiger partial charge in [-0.05, 0) is 0 Å². The van der Waals surface area contributed by atoms with Crippen LogP contribution in [0.5, 0.6) is 0 Å². The van der Waals surface area contributed by atoms with Crippen LogP contribution in [0.2, 0.25) is 4.44 Å². The summed E-state index contributed by atoms with van der Waals surface area (Å²) in [6, 6.07) is 0. The fourth-order valence-corrected chi connectivity index (χ4v) is 1.37. The summed E-state index contributed by atoms with van der Waals surface area (Å²) in [5, 5.41) is 0. The van der Waals surface area contributed by atoms with E-state index in [2.05, 4.69) is 6.58 Å². The maximum atomic E-state index is 3.58. The van der Waals surface area contributed by atoms with Gasteiger partial charge in [-0.3, -0.25) is 0 Å². The molecular formula is C4H10Sn. The summed E-state index contributed by atoms with van der Waals surface area (Å²) in [7, 11) is 0. The third-order valence-electron chi connectivity index (χ3n) is 0.493. The Balaban J connectivity index is 2.40. The molecule has 0 aromatic heterocycles. The van der Waals surface area contributed by atoms with Gasteiger partial charge in [-0.2, -0.15) is 0 Å². The van der Waals surface area contributed by atoms with E-state index in [-0.39, 0.29) is 0 Å². The van der Waals surface area contributed by atoms with E-state index in [1.54, 1.807) is 0 Å². The van der Waals surface area contributed by atoms with Crippen molar-refractivity contribution in [3.63, 3.8) is 0 Å². The van der Waals surface area contributed by atoms with E-state index >= 15 is 0 Å². The molecule has 0 aliphatic rings. The number of hydrogen-bond acceptors (Lipinski definition) is 0. The van der Waals surface area contributed by atoms with E-state index in [0.29, 0.717) is 0 Å². The Morgan fingerprint density at radius 3 is 2.40 bits per heavy atom. The van der Waals surface area contributed by atoms with Crippen LogP contribution in [0.4, 0.5) is 0 Å². The zero-order chi connectivity index (χ0) is 4.12. The quantitative estimate of drug-likeness (QED) is 0.421. The second-order valence-corrected chi connectivity index (χ2v) is 3.93. The van der Waals surface area contributed by atoms with Gasteiger partial charge in [-0.15, -0.1) is 0 Å². The minimum absolute atomic E-state index is 0.911. The Morgan fingerprint density at radius 1 is 1.80 bits per heavy atom. The molecule has 0 spiro atoms. The molecule has 0 nitrogen and oxygen atoms in total. The van der Waals surface area contributed by atoms with Gasteiger partial charge in [0.25, 0.3) is 0 Å². The summed E-state index contributed by atoms with van der Waals surface area (Å²) in [4.78, 5) is 0. The van der Waals surface area contributed by atoms with Crippen LogP contribution in [0.15, 0.2) is 12.7 Å².